The maximum absolute atomic E-state index is 14.3. The number of benzene rings is 1. The second-order valence-electron chi connectivity index (χ2n) is 5.87. The quantitative estimate of drug-likeness (QED) is 0.638. The Morgan fingerprint density at radius 3 is 2.81 bits per heavy atom. The van der Waals surface area contributed by atoms with Crippen LogP contribution in [0.3, 0.4) is 0 Å². The normalized spacial score (nSPS) is 14.6. The summed E-state index contributed by atoms with van der Waals surface area (Å²) in [6.07, 6.45) is 1.49. The van der Waals surface area contributed by atoms with E-state index in [9.17, 15) is 19.1 Å². The first-order valence-electron chi connectivity index (χ1n) is 7.58. The minimum Gasteiger partial charge on any atom is -0.491 e. The predicted octanol–water partition coefficient (Wildman–Crippen LogP) is -0.232. The van der Waals surface area contributed by atoms with E-state index in [2.05, 4.69) is 16.8 Å². The number of aliphatic hydroxyl groups is 1. The number of nitrogens with zero attached hydrogens (tertiary/aromatic N) is 2. The van der Waals surface area contributed by atoms with Crippen LogP contribution < -0.4 is 16.2 Å². The third-order valence-corrected chi connectivity index (χ3v) is 3.85. The molecule has 9 heteroatoms. The number of imidazole rings is 1. The molecule has 26 heavy (non-hydrogen) atoms. The van der Waals surface area contributed by atoms with E-state index in [1.807, 2.05) is 0 Å². The lowest BCUT2D eigenvalue weighted by molar-refractivity contribution is -0.129. The molecule has 2 aromatic rings. The van der Waals surface area contributed by atoms with Crippen LogP contribution in [0.15, 0.2) is 18.3 Å². The van der Waals surface area contributed by atoms with Crippen molar-refractivity contribution in [2.75, 3.05) is 6.61 Å². The predicted molar refractivity (Wildman–Crippen MR) is 88.3 cm³/mol. The highest BCUT2D eigenvalue weighted by Gasteiger charge is 2.25. The second-order valence-corrected chi connectivity index (χ2v) is 5.87. The van der Waals surface area contributed by atoms with Crippen molar-refractivity contribution in [3.63, 3.8) is 0 Å². The molecule has 0 aliphatic carbocycles. The molecule has 1 aromatic carbocycles. The van der Waals surface area contributed by atoms with Gasteiger partial charge in [0.05, 0.1) is 17.7 Å². The Morgan fingerprint density at radius 2 is 2.15 bits per heavy atom. The largest absolute Gasteiger partial charge is 0.491 e. The van der Waals surface area contributed by atoms with Crippen LogP contribution in [0.5, 0.6) is 5.75 Å². The molecule has 1 aliphatic rings. The molecule has 134 valence electrons. The summed E-state index contributed by atoms with van der Waals surface area (Å²) in [5.41, 5.74) is 8.58. The number of aromatic nitrogens is 2. The van der Waals surface area contributed by atoms with Crippen LogP contribution >= 0.6 is 0 Å². The highest BCUT2D eigenvalue weighted by molar-refractivity contribution is 5.91. The molecular weight excluding hydrogens is 343 g/mol. The number of halogens is 1. The molecule has 8 nitrogen and oxygen atoms in total. The molecule has 2 amide bonds. The molecule has 1 aromatic heterocycles. The first kappa shape index (κ1) is 17.4. The lowest BCUT2D eigenvalue weighted by Crippen LogP contribution is -2.39. The average molecular weight is 358 g/mol. The molecule has 0 bridgehead atoms. The van der Waals surface area contributed by atoms with Gasteiger partial charge in [0.2, 0.25) is 5.60 Å². The molecule has 0 spiro atoms. The van der Waals surface area contributed by atoms with Crippen molar-refractivity contribution in [1.82, 2.24) is 9.55 Å². The third kappa shape index (κ3) is 3.10. The Hall–Kier alpha value is -3.38. The van der Waals surface area contributed by atoms with Crippen LogP contribution in [0.25, 0.3) is 11.4 Å². The number of carbonyl (C=O) groups is 2. The summed E-state index contributed by atoms with van der Waals surface area (Å²) in [6, 6.07) is 2.50. The SMILES string of the molecule is CC(O)(C#Cc1cc2c(cc1F)OCCn1cc(C(N)=O)nc1-2)C(N)=O. The molecule has 1 unspecified atom stereocenters. The number of rotatable bonds is 2. The van der Waals surface area contributed by atoms with E-state index in [4.69, 9.17) is 16.2 Å². The Kier molecular flexibility index (Phi) is 4.13. The molecular formula is C17H15FN4O4. The van der Waals surface area contributed by atoms with Gasteiger partial charge in [-0.25, -0.2) is 9.37 Å². The fraction of sp³-hybridized carbons (Fsp3) is 0.235. The molecule has 1 atom stereocenters. The van der Waals surface area contributed by atoms with Crippen molar-refractivity contribution >= 4 is 11.8 Å². The van der Waals surface area contributed by atoms with Gasteiger partial charge in [-0.1, -0.05) is 11.8 Å². The van der Waals surface area contributed by atoms with Gasteiger partial charge in [-0.05, 0) is 13.0 Å². The summed E-state index contributed by atoms with van der Waals surface area (Å²) in [7, 11) is 0. The molecule has 1 aliphatic heterocycles. The highest BCUT2D eigenvalue weighted by Crippen LogP contribution is 2.34. The number of fused-ring (bicyclic) bond motifs is 3. The number of primary amides is 2. The van der Waals surface area contributed by atoms with Crippen molar-refractivity contribution in [2.24, 2.45) is 11.5 Å². The van der Waals surface area contributed by atoms with Crippen LogP contribution in [-0.4, -0.2) is 38.7 Å². The monoisotopic (exact) mass is 358 g/mol. The first-order chi connectivity index (χ1) is 12.2. The van der Waals surface area contributed by atoms with Crippen molar-refractivity contribution in [1.29, 1.82) is 0 Å². The summed E-state index contributed by atoms with van der Waals surface area (Å²) in [5.74, 6) is 2.80. The van der Waals surface area contributed by atoms with Gasteiger partial charge in [-0.3, -0.25) is 9.59 Å². The number of ether oxygens (including phenoxy) is 1. The summed E-state index contributed by atoms with van der Waals surface area (Å²) in [5, 5.41) is 9.79. The number of amides is 2. The average Bonchev–Trinajstić information content (AvgIpc) is 2.91. The van der Waals surface area contributed by atoms with E-state index < -0.39 is 23.2 Å². The van der Waals surface area contributed by atoms with Gasteiger partial charge < -0.3 is 25.9 Å². The zero-order chi connectivity index (χ0) is 19.1. The van der Waals surface area contributed by atoms with E-state index in [1.54, 1.807) is 4.57 Å². The molecule has 3 rings (SSSR count). The lowest BCUT2D eigenvalue weighted by atomic mass is 10.0. The van der Waals surface area contributed by atoms with Gasteiger partial charge in [0.1, 0.15) is 29.7 Å². The van der Waals surface area contributed by atoms with Crippen LogP contribution in [0.1, 0.15) is 23.0 Å². The van der Waals surface area contributed by atoms with Gasteiger partial charge in [0, 0.05) is 12.3 Å². The number of carbonyl (C=O) groups excluding carboxylic acids is 2. The summed E-state index contributed by atoms with van der Waals surface area (Å²) in [4.78, 5) is 26.7. The summed E-state index contributed by atoms with van der Waals surface area (Å²) in [6.45, 7) is 1.75. The Balaban J connectivity index is 2.14. The third-order valence-electron chi connectivity index (χ3n) is 3.85. The molecule has 2 heterocycles. The van der Waals surface area contributed by atoms with Gasteiger partial charge in [-0.15, -0.1) is 0 Å². The van der Waals surface area contributed by atoms with E-state index >= 15 is 0 Å². The molecule has 0 saturated carbocycles. The van der Waals surface area contributed by atoms with Gasteiger partial charge in [0.25, 0.3) is 11.8 Å². The van der Waals surface area contributed by atoms with Crippen molar-refractivity contribution in [3.8, 4) is 29.0 Å². The Bertz CT molecular complexity index is 985. The maximum Gasteiger partial charge on any atom is 0.268 e. The maximum atomic E-state index is 14.3. The first-order valence-corrected chi connectivity index (χ1v) is 7.58. The van der Waals surface area contributed by atoms with Crippen LogP contribution in [0.4, 0.5) is 4.39 Å². The molecule has 5 N–H and O–H groups in total. The zero-order valence-corrected chi connectivity index (χ0v) is 13.7. The Morgan fingerprint density at radius 1 is 1.42 bits per heavy atom. The smallest absolute Gasteiger partial charge is 0.268 e. The zero-order valence-electron chi connectivity index (χ0n) is 13.7. The fourth-order valence-electron chi connectivity index (χ4n) is 2.37. The van der Waals surface area contributed by atoms with Crippen LogP contribution in [0.2, 0.25) is 0 Å². The number of nitrogens with two attached hydrogens (primary N) is 2. The standard InChI is InChI=1S/C17H15FN4O4/c1-17(25,16(20)24)3-2-9-6-10-13(7-11(9)18)26-5-4-22-8-12(14(19)23)21-15(10)22/h6-8,25H,4-5H2,1H3,(H2,19,23)(H2,20,24). The summed E-state index contributed by atoms with van der Waals surface area (Å²) < 4.78 is 21.5. The van der Waals surface area contributed by atoms with Gasteiger partial charge in [-0.2, -0.15) is 0 Å². The molecule has 0 fully saturated rings. The fourth-order valence-corrected chi connectivity index (χ4v) is 2.37. The van der Waals surface area contributed by atoms with Gasteiger partial charge >= 0.3 is 0 Å². The Labute approximate surface area is 147 Å². The summed E-state index contributed by atoms with van der Waals surface area (Å²) >= 11 is 0. The number of hydrogen-bond acceptors (Lipinski definition) is 5. The number of hydrogen-bond donors (Lipinski definition) is 3. The molecule has 0 saturated heterocycles. The highest BCUT2D eigenvalue weighted by atomic mass is 19.1. The van der Waals surface area contributed by atoms with E-state index in [1.165, 1.54) is 12.3 Å². The van der Waals surface area contributed by atoms with Crippen molar-refractivity contribution in [2.45, 2.75) is 19.1 Å². The van der Waals surface area contributed by atoms with Crippen molar-refractivity contribution < 1.29 is 23.8 Å². The van der Waals surface area contributed by atoms with Crippen LogP contribution in [-0.2, 0) is 11.3 Å². The molecule has 0 radical (unpaired) electrons. The van der Waals surface area contributed by atoms with E-state index in [0.717, 1.165) is 13.0 Å². The second kappa shape index (κ2) is 6.16. The minimum absolute atomic E-state index is 0.0708. The van der Waals surface area contributed by atoms with Crippen LogP contribution in [0, 0.1) is 17.7 Å². The van der Waals surface area contributed by atoms with E-state index in [-0.39, 0.29) is 23.6 Å². The topological polar surface area (TPSA) is 133 Å². The minimum atomic E-state index is -2.10. The van der Waals surface area contributed by atoms with Gasteiger partial charge in [0.15, 0.2) is 0 Å². The lowest BCUT2D eigenvalue weighted by Gasteiger charge is -2.10. The van der Waals surface area contributed by atoms with Crippen molar-refractivity contribution in [3.05, 3.63) is 35.4 Å². The van der Waals surface area contributed by atoms with E-state index in [0.29, 0.717) is 17.9 Å².